The molecule has 0 rings (SSSR count). The van der Waals surface area contributed by atoms with E-state index in [-0.39, 0.29) is 24.3 Å². The van der Waals surface area contributed by atoms with E-state index in [1.165, 1.54) is 18.4 Å². The lowest BCUT2D eigenvalue weighted by Crippen LogP contribution is -2.53. The van der Waals surface area contributed by atoms with Gasteiger partial charge in [-0.15, -0.1) is 0 Å². The second-order valence-corrected chi connectivity index (χ2v) is 9.89. The first kappa shape index (κ1) is 24.3. The Kier molecular flexibility index (Phi) is 9.04. The number of rotatable bonds is 10. The number of hydrogen-bond donors (Lipinski definition) is 2. The summed E-state index contributed by atoms with van der Waals surface area (Å²) < 4.78 is 27.8. The summed E-state index contributed by atoms with van der Waals surface area (Å²) in [5.74, 6) is -0.124. The molecule has 0 aliphatic carbocycles. The van der Waals surface area contributed by atoms with Gasteiger partial charge in [-0.05, 0) is 33.1 Å². The number of carbonyl (C=O) groups is 1. The van der Waals surface area contributed by atoms with Crippen LogP contribution >= 0.6 is 0 Å². The topological polar surface area (TPSA) is 90.0 Å². The Balaban J connectivity index is 4.94. The van der Waals surface area contributed by atoms with E-state index in [0.29, 0.717) is 6.42 Å². The van der Waals surface area contributed by atoms with Gasteiger partial charge in [0.1, 0.15) is 0 Å². The molecule has 2 unspecified atom stereocenters. The molecule has 3 atom stereocenters. The summed E-state index contributed by atoms with van der Waals surface area (Å²) in [4.78, 5) is 12.1. The molecule has 25 heavy (non-hydrogen) atoms. The highest BCUT2D eigenvalue weighted by Crippen LogP contribution is 2.22. The fraction of sp³-hybridized carbons (Fsp3) is 0.941. The van der Waals surface area contributed by atoms with Crippen LogP contribution in [-0.2, 0) is 15.0 Å². The van der Waals surface area contributed by atoms with Gasteiger partial charge >= 0.3 is 0 Å². The molecule has 0 saturated heterocycles. The molecule has 7 nitrogen and oxygen atoms in total. The second kappa shape index (κ2) is 9.30. The molecule has 0 aliphatic heterocycles. The molecule has 0 heterocycles. The van der Waals surface area contributed by atoms with Gasteiger partial charge in [0.2, 0.25) is 5.91 Å². The summed E-state index contributed by atoms with van der Waals surface area (Å²) in [6, 6.07) is -0.546. The van der Waals surface area contributed by atoms with E-state index < -0.39 is 27.9 Å². The molecule has 0 aromatic carbocycles. The number of nitrogens with zero attached hydrogens (tertiary/aromatic N) is 2. The molecule has 0 saturated carbocycles. The molecule has 0 aromatic rings. The van der Waals surface area contributed by atoms with Crippen molar-refractivity contribution >= 4 is 16.1 Å². The SMILES string of the molecule is CCC(C)(C)N(C)S(=O)(=O)N(C)CC(O)[C@H](C)NC(=O)C(C)C(C)C. The monoisotopic (exact) mass is 379 g/mol. The lowest BCUT2D eigenvalue weighted by Gasteiger charge is -2.37. The number of likely N-dealkylation sites (N-methyl/N-ethyl adjacent to an activating group) is 1. The minimum absolute atomic E-state index is 0.0933. The Hall–Kier alpha value is -0.700. The predicted molar refractivity (Wildman–Crippen MR) is 101 cm³/mol. The van der Waals surface area contributed by atoms with Gasteiger partial charge in [-0.25, -0.2) is 0 Å². The van der Waals surface area contributed by atoms with Gasteiger partial charge in [-0.2, -0.15) is 17.0 Å². The zero-order chi connectivity index (χ0) is 20.2. The van der Waals surface area contributed by atoms with Crippen LogP contribution in [0.15, 0.2) is 0 Å². The van der Waals surface area contributed by atoms with Gasteiger partial charge in [0, 0.05) is 32.1 Å². The first-order valence-corrected chi connectivity index (χ1v) is 10.3. The highest BCUT2D eigenvalue weighted by atomic mass is 32.2. The van der Waals surface area contributed by atoms with Crippen molar-refractivity contribution in [2.24, 2.45) is 11.8 Å². The Bertz CT molecular complexity index is 534. The van der Waals surface area contributed by atoms with Crippen LogP contribution in [0.4, 0.5) is 0 Å². The highest BCUT2D eigenvalue weighted by molar-refractivity contribution is 7.86. The summed E-state index contributed by atoms with van der Waals surface area (Å²) in [5.41, 5.74) is -0.523. The van der Waals surface area contributed by atoms with Crippen molar-refractivity contribution in [2.75, 3.05) is 20.6 Å². The van der Waals surface area contributed by atoms with Gasteiger partial charge in [0.15, 0.2) is 0 Å². The number of carbonyl (C=O) groups excluding carboxylic acids is 1. The van der Waals surface area contributed by atoms with Gasteiger partial charge in [-0.3, -0.25) is 4.79 Å². The summed E-state index contributed by atoms with van der Waals surface area (Å²) in [6.45, 7) is 13.0. The maximum absolute atomic E-state index is 12.7. The largest absolute Gasteiger partial charge is 0.390 e. The van der Waals surface area contributed by atoms with E-state index in [4.69, 9.17) is 0 Å². The molecule has 0 radical (unpaired) electrons. The quantitative estimate of drug-likeness (QED) is 0.601. The van der Waals surface area contributed by atoms with Crippen molar-refractivity contribution in [3.05, 3.63) is 0 Å². The number of nitrogens with one attached hydrogen (secondary N) is 1. The highest BCUT2D eigenvalue weighted by Gasteiger charge is 2.35. The van der Waals surface area contributed by atoms with Crippen molar-refractivity contribution in [3.63, 3.8) is 0 Å². The average Bonchev–Trinajstić information content (AvgIpc) is 2.52. The molecule has 2 N–H and O–H groups in total. The van der Waals surface area contributed by atoms with E-state index in [1.807, 2.05) is 41.5 Å². The zero-order valence-corrected chi connectivity index (χ0v) is 18.0. The molecule has 0 bridgehead atoms. The predicted octanol–water partition coefficient (Wildman–Crippen LogP) is 1.44. The molecule has 0 aliphatic rings. The van der Waals surface area contributed by atoms with Gasteiger partial charge < -0.3 is 10.4 Å². The number of aliphatic hydroxyl groups excluding tert-OH is 1. The fourth-order valence-corrected chi connectivity index (χ4v) is 3.53. The normalized spacial score (nSPS) is 17.0. The summed E-state index contributed by atoms with van der Waals surface area (Å²) in [6.07, 6.45) is -0.334. The Morgan fingerprint density at radius 3 is 2.04 bits per heavy atom. The minimum atomic E-state index is -3.70. The Labute approximate surface area is 153 Å². The van der Waals surface area contributed by atoms with Crippen LogP contribution in [0.3, 0.4) is 0 Å². The lowest BCUT2D eigenvalue weighted by atomic mass is 9.97. The lowest BCUT2D eigenvalue weighted by molar-refractivity contribution is -0.127. The minimum Gasteiger partial charge on any atom is -0.390 e. The number of hydrogen-bond acceptors (Lipinski definition) is 4. The first-order chi connectivity index (χ1) is 11.2. The number of aliphatic hydroxyl groups is 1. The first-order valence-electron chi connectivity index (χ1n) is 8.87. The van der Waals surface area contributed by atoms with Crippen molar-refractivity contribution in [1.82, 2.24) is 13.9 Å². The third-order valence-corrected chi connectivity index (χ3v) is 7.39. The molecule has 0 aromatic heterocycles. The maximum Gasteiger partial charge on any atom is 0.282 e. The van der Waals surface area contributed by atoms with E-state index >= 15 is 0 Å². The van der Waals surface area contributed by atoms with Crippen LogP contribution in [0, 0.1) is 11.8 Å². The van der Waals surface area contributed by atoms with Gasteiger partial charge in [-0.1, -0.05) is 27.7 Å². The molecule has 1 amide bonds. The average molecular weight is 380 g/mol. The molecule has 0 spiro atoms. The maximum atomic E-state index is 12.7. The van der Waals surface area contributed by atoms with Crippen LogP contribution in [0.5, 0.6) is 0 Å². The fourth-order valence-electron chi connectivity index (χ4n) is 2.01. The van der Waals surface area contributed by atoms with Crippen molar-refractivity contribution < 1.29 is 18.3 Å². The van der Waals surface area contributed by atoms with E-state index in [0.717, 1.165) is 4.31 Å². The van der Waals surface area contributed by atoms with E-state index in [1.54, 1.807) is 6.92 Å². The van der Waals surface area contributed by atoms with Crippen molar-refractivity contribution in [3.8, 4) is 0 Å². The molecule has 8 heteroatoms. The standard InChI is InChI=1S/C17H37N3O4S/c1-10-17(6,7)20(9)25(23,24)19(8)11-15(21)14(5)18-16(22)13(4)12(2)3/h12-15,21H,10-11H2,1-9H3,(H,18,22)/t13?,14-,15?/m0/s1. The number of amides is 1. The Morgan fingerprint density at radius 2 is 1.64 bits per heavy atom. The van der Waals surface area contributed by atoms with Gasteiger partial charge in [0.05, 0.1) is 12.1 Å². The van der Waals surface area contributed by atoms with Crippen LogP contribution in [0.25, 0.3) is 0 Å². The smallest absolute Gasteiger partial charge is 0.282 e. The third kappa shape index (κ3) is 6.51. The molecular formula is C17H37N3O4S. The van der Waals surface area contributed by atoms with Crippen LogP contribution < -0.4 is 5.32 Å². The van der Waals surface area contributed by atoms with Gasteiger partial charge in [0.25, 0.3) is 10.2 Å². The molecular weight excluding hydrogens is 342 g/mol. The Morgan fingerprint density at radius 1 is 1.16 bits per heavy atom. The van der Waals surface area contributed by atoms with E-state index in [2.05, 4.69) is 5.32 Å². The van der Waals surface area contributed by atoms with Crippen molar-refractivity contribution in [1.29, 1.82) is 0 Å². The molecule has 0 fully saturated rings. The third-order valence-electron chi connectivity index (χ3n) is 5.26. The second-order valence-electron chi connectivity index (χ2n) is 7.82. The summed E-state index contributed by atoms with van der Waals surface area (Å²) in [5, 5.41) is 13.1. The van der Waals surface area contributed by atoms with E-state index in [9.17, 15) is 18.3 Å². The van der Waals surface area contributed by atoms with Crippen LogP contribution in [0.2, 0.25) is 0 Å². The summed E-state index contributed by atoms with van der Waals surface area (Å²) >= 11 is 0. The van der Waals surface area contributed by atoms with Crippen molar-refractivity contribution in [2.45, 2.75) is 72.6 Å². The van der Waals surface area contributed by atoms with Crippen LogP contribution in [-0.4, -0.2) is 66.4 Å². The zero-order valence-electron chi connectivity index (χ0n) is 17.2. The summed E-state index contributed by atoms with van der Waals surface area (Å²) in [7, 11) is -0.726. The molecule has 150 valence electrons. The van der Waals surface area contributed by atoms with Crippen LogP contribution in [0.1, 0.15) is 54.9 Å².